The van der Waals surface area contributed by atoms with E-state index in [1.807, 2.05) is 61.5 Å². The molecule has 0 atom stereocenters. The van der Waals surface area contributed by atoms with E-state index in [2.05, 4.69) is 20.5 Å². The van der Waals surface area contributed by atoms with Gasteiger partial charge in [-0.1, -0.05) is 30.3 Å². The lowest BCUT2D eigenvalue weighted by Crippen LogP contribution is -2.08. The van der Waals surface area contributed by atoms with Crippen LogP contribution in [0.3, 0.4) is 0 Å². The summed E-state index contributed by atoms with van der Waals surface area (Å²) in [6, 6.07) is 17.6. The highest BCUT2D eigenvalue weighted by Gasteiger charge is 2.12. The monoisotopic (exact) mass is 312 g/mol. The fourth-order valence-electron chi connectivity index (χ4n) is 1.96. The Labute approximate surface area is 132 Å². The van der Waals surface area contributed by atoms with E-state index in [9.17, 15) is 5.11 Å². The van der Waals surface area contributed by atoms with Gasteiger partial charge in [0.1, 0.15) is 0 Å². The molecule has 4 N–H and O–H groups in total. The topological polar surface area (TPSA) is 69.2 Å². The fraction of sp³-hybridized carbons (Fsp3) is 0.0625. The number of rotatable bonds is 5. The molecule has 0 saturated carbocycles. The molecule has 0 bridgehead atoms. The molecule has 0 fully saturated rings. The fourth-order valence-corrected chi connectivity index (χ4v) is 2.62. The smallest absolute Gasteiger partial charge is 0.202 e. The molecule has 1 heterocycles. The van der Waals surface area contributed by atoms with Gasteiger partial charge in [0, 0.05) is 5.69 Å². The molecular formula is C16H16N4OS. The van der Waals surface area contributed by atoms with Crippen molar-refractivity contribution in [1.29, 1.82) is 0 Å². The van der Waals surface area contributed by atoms with Crippen LogP contribution in [0.1, 0.15) is 5.56 Å². The maximum absolute atomic E-state index is 10.2. The summed E-state index contributed by atoms with van der Waals surface area (Å²) in [5, 5.41) is 14.0. The molecule has 0 radical (unpaired) electrons. The van der Waals surface area contributed by atoms with Crippen molar-refractivity contribution in [3.8, 4) is 5.75 Å². The van der Waals surface area contributed by atoms with Crippen LogP contribution in [0.2, 0.25) is 0 Å². The average Bonchev–Trinajstić information content (AvgIpc) is 2.87. The van der Waals surface area contributed by atoms with Crippen LogP contribution < -0.4 is 16.2 Å². The Hall–Kier alpha value is -2.73. The highest BCUT2D eigenvalue weighted by atomic mass is 32.1. The summed E-state index contributed by atoms with van der Waals surface area (Å²) in [6.45, 7) is 2.02. The molecule has 3 rings (SSSR count). The van der Waals surface area contributed by atoms with Crippen molar-refractivity contribution < 1.29 is 5.11 Å². The normalized spacial score (nSPS) is 10.2. The van der Waals surface area contributed by atoms with Crippen molar-refractivity contribution >= 4 is 33.7 Å². The maximum atomic E-state index is 10.2. The quantitative estimate of drug-likeness (QED) is 0.528. The van der Waals surface area contributed by atoms with Gasteiger partial charge in [-0.25, -0.2) is 0 Å². The van der Waals surface area contributed by atoms with Gasteiger partial charge in [0.15, 0.2) is 10.8 Å². The van der Waals surface area contributed by atoms with Crippen LogP contribution in [0, 0.1) is 6.92 Å². The second kappa shape index (κ2) is 6.36. The summed E-state index contributed by atoms with van der Waals surface area (Å²) in [6.07, 6.45) is 0. The van der Waals surface area contributed by atoms with Crippen molar-refractivity contribution in [2.75, 3.05) is 16.2 Å². The Kier molecular flexibility index (Phi) is 4.11. The standard InChI is InChI=1S/C16H16N4OS/c1-11-6-5-9-13(10-11)17-16-14(21)15(20-22-16)19-18-12-7-3-2-4-8-12/h2-10,17-18,21H,1H3,(H,19,20). The first-order valence-electron chi connectivity index (χ1n) is 6.82. The van der Waals surface area contributed by atoms with E-state index in [-0.39, 0.29) is 5.75 Å². The zero-order valence-electron chi connectivity index (χ0n) is 12.0. The number of hydrogen-bond acceptors (Lipinski definition) is 6. The van der Waals surface area contributed by atoms with Crippen LogP contribution in [-0.4, -0.2) is 9.48 Å². The molecule has 0 saturated heterocycles. The molecular weight excluding hydrogens is 296 g/mol. The summed E-state index contributed by atoms with van der Waals surface area (Å²) < 4.78 is 4.20. The van der Waals surface area contributed by atoms with Gasteiger partial charge < -0.3 is 10.4 Å². The summed E-state index contributed by atoms with van der Waals surface area (Å²) in [5.41, 5.74) is 8.86. The molecule has 0 aliphatic heterocycles. The molecule has 112 valence electrons. The summed E-state index contributed by atoms with van der Waals surface area (Å²) in [5.74, 6) is 0.485. The molecule has 0 aliphatic carbocycles. The van der Waals surface area contributed by atoms with Gasteiger partial charge in [-0.3, -0.25) is 10.9 Å². The number of aromatic nitrogens is 1. The van der Waals surface area contributed by atoms with Gasteiger partial charge >= 0.3 is 0 Å². The SMILES string of the molecule is Cc1cccc(Nc2snc(NNc3ccccc3)c2O)c1. The number of hydrogen-bond donors (Lipinski definition) is 4. The van der Waals surface area contributed by atoms with Crippen molar-refractivity contribution in [2.45, 2.75) is 6.92 Å². The predicted molar refractivity (Wildman–Crippen MR) is 91.9 cm³/mol. The number of para-hydroxylation sites is 1. The molecule has 0 aliphatic rings. The Morgan fingerprint density at radius 3 is 2.50 bits per heavy atom. The Morgan fingerprint density at radius 1 is 0.955 bits per heavy atom. The van der Waals surface area contributed by atoms with E-state index in [0.29, 0.717) is 10.8 Å². The number of aryl methyl sites for hydroxylation is 1. The van der Waals surface area contributed by atoms with Crippen LogP contribution in [0.15, 0.2) is 54.6 Å². The summed E-state index contributed by atoms with van der Waals surface area (Å²) in [4.78, 5) is 0. The van der Waals surface area contributed by atoms with Gasteiger partial charge in [0.2, 0.25) is 5.82 Å². The minimum atomic E-state index is 0.0925. The Balaban J connectivity index is 1.69. The van der Waals surface area contributed by atoms with Crippen LogP contribution in [0.4, 0.5) is 22.2 Å². The first-order chi connectivity index (χ1) is 10.7. The highest BCUT2D eigenvalue weighted by molar-refractivity contribution is 7.11. The maximum Gasteiger partial charge on any atom is 0.202 e. The molecule has 2 aromatic carbocycles. The van der Waals surface area contributed by atoms with E-state index >= 15 is 0 Å². The number of anilines is 4. The minimum Gasteiger partial charge on any atom is -0.502 e. The molecule has 0 unspecified atom stereocenters. The van der Waals surface area contributed by atoms with E-state index in [1.165, 1.54) is 11.5 Å². The molecule has 6 heteroatoms. The molecule has 0 spiro atoms. The third-order valence-corrected chi connectivity index (χ3v) is 3.79. The molecule has 22 heavy (non-hydrogen) atoms. The zero-order valence-corrected chi connectivity index (χ0v) is 12.8. The number of nitrogens with zero attached hydrogens (tertiary/aromatic N) is 1. The lowest BCUT2D eigenvalue weighted by molar-refractivity contribution is 0.481. The molecule has 0 amide bonds. The number of aromatic hydroxyl groups is 1. The minimum absolute atomic E-state index is 0.0925. The van der Waals surface area contributed by atoms with Crippen LogP contribution in [0.25, 0.3) is 0 Å². The molecule has 3 aromatic rings. The summed E-state index contributed by atoms with van der Waals surface area (Å²) >= 11 is 1.20. The van der Waals surface area contributed by atoms with E-state index in [1.54, 1.807) is 0 Å². The van der Waals surface area contributed by atoms with Crippen molar-refractivity contribution in [3.63, 3.8) is 0 Å². The highest BCUT2D eigenvalue weighted by Crippen LogP contribution is 2.37. The largest absolute Gasteiger partial charge is 0.502 e. The first kappa shape index (κ1) is 14.2. The van der Waals surface area contributed by atoms with E-state index in [4.69, 9.17) is 0 Å². The summed E-state index contributed by atoms with van der Waals surface area (Å²) in [7, 11) is 0. The Bertz CT molecular complexity index is 758. The van der Waals surface area contributed by atoms with Crippen LogP contribution >= 0.6 is 11.5 Å². The van der Waals surface area contributed by atoms with Gasteiger partial charge in [-0.15, -0.1) is 0 Å². The van der Waals surface area contributed by atoms with Gasteiger partial charge in [-0.05, 0) is 48.3 Å². The first-order valence-corrected chi connectivity index (χ1v) is 7.59. The van der Waals surface area contributed by atoms with Crippen LogP contribution in [0.5, 0.6) is 5.75 Å². The zero-order chi connectivity index (χ0) is 15.4. The number of hydrazine groups is 1. The molecule has 5 nitrogen and oxygen atoms in total. The average molecular weight is 312 g/mol. The predicted octanol–water partition coefficient (Wildman–Crippen LogP) is 4.34. The third-order valence-electron chi connectivity index (χ3n) is 3.04. The van der Waals surface area contributed by atoms with Gasteiger partial charge in [0.05, 0.1) is 5.69 Å². The van der Waals surface area contributed by atoms with Crippen molar-refractivity contribution in [1.82, 2.24) is 4.37 Å². The lowest BCUT2D eigenvalue weighted by atomic mass is 10.2. The van der Waals surface area contributed by atoms with Crippen molar-refractivity contribution in [3.05, 3.63) is 60.2 Å². The number of nitrogens with one attached hydrogen (secondary N) is 3. The van der Waals surface area contributed by atoms with Gasteiger partial charge in [0.25, 0.3) is 0 Å². The second-order valence-electron chi connectivity index (χ2n) is 4.82. The van der Waals surface area contributed by atoms with Crippen LogP contribution in [-0.2, 0) is 0 Å². The Morgan fingerprint density at radius 2 is 1.73 bits per heavy atom. The number of benzene rings is 2. The van der Waals surface area contributed by atoms with E-state index < -0.39 is 0 Å². The van der Waals surface area contributed by atoms with E-state index in [0.717, 1.165) is 16.9 Å². The second-order valence-corrected chi connectivity index (χ2v) is 5.59. The molecule has 1 aromatic heterocycles. The van der Waals surface area contributed by atoms with Crippen molar-refractivity contribution in [2.24, 2.45) is 0 Å². The van der Waals surface area contributed by atoms with Gasteiger partial charge in [-0.2, -0.15) is 4.37 Å². The third kappa shape index (κ3) is 3.29. The lowest BCUT2D eigenvalue weighted by Gasteiger charge is -2.08.